The van der Waals surface area contributed by atoms with Gasteiger partial charge >= 0.3 is 0 Å². The van der Waals surface area contributed by atoms with Crippen LogP contribution in [0.2, 0.25) is 0 Å². The van der Waals surface area contributed by atoms with E-state index in [0.717, 1.165) is 11.3 Å². The molecule has 0 spiro atoms. The van der Waals surface area contributed by atoms with E-state index in [4.69, 9.17) is 10.2 Å². The highest BCUT2D eigenvalue weighted by Gasteiger charge is 2.15. The highest BCUT2D eigenvalue weighted by Crippen LogP contribution is 2.27. The highest BCUT2D eigenvalue weighted by molar-refractivity contribution is 8.00. The van der Waals surface area contributed by atoms with Crippen LogP contribution in [0.25, 0.3) is 16.6 Å². The molecular formula is C26H22N4O2S2. The van der Waals surface area contributed by atoms with Gasteiger partial charge in [0.2, 0.25) is 5.91 Å². The summed E-state index contributed by atoms with van der Waals surface area (Å²) in [6.45, 7) is 2.08. The minimum Gasteiger partial charge on any atom is -0.324 e. The smallest absolute Gasteiger partial charge is 0.266 e. The Hall–Kier alpha value is -3.54. The molecule has 6 nitrogen and oxygen atoms in total. The number of anilines is 1. The van der Waals surface area contributed by atoms with Crippen LogP contribution in [0.4, 0.5) is 5.69 Å². The van der Waals surface area contributed by atoms with Crippen molar-refractivity contribution in [3.63, 3.8) is 0 Å². The van der Waals surface area contributed by atoms with Crippen LogP contribution in [0.5, 0.6) is 0 Å². The number of carbonyl (C=O) groups is 1. The second kappa shape index (κ2) is 11.1. The van der Waals surface area contributed by atoms with Crippen molar-refractivity contribution < 1.29 is 4.79 Å². The first-order valence-electron chi connectivity index (χ1n) is 10.7. The number of nitriles is 1. The number of carbonyl (C=O) groups excluding carboxylic acids is 1. The summed E-state index contributed by atoms with van der Waals surface area (Å²) in [5.74, 6) is 0.158. The van der Waals surface area contributed by atoms with E-state index in [1.807, 2.05) is 60.7 Å². The summed E-state index contributed by atoms with van der Waals surface area (Å²) in [6.07, 6.45) is 0.904. The molecule has 0 aliphatic carbocycles. The molecule has 34 heavy (non-hydrogen) atoms. The average molecular weight is 487 g/mol. The molecule has 0 saturated carbocycles. The molecule has 8 heteroatoms. The predicted molar refractivity (Wildman–Crippen MR) is 139 cm³/mol. The SMILES string of the molecule is CCc1ccc(-n2c(SCC(=O)Nc3ccccc3SCC#N)nc3ccccc3c2=O)cc1. The number of para-hydroxylation sites is 2. The van der Waals surface area contributed by atoms with E-state index in [0.29, 0.717) is 33.2 Å². The number of nitrogens with zero attached hydrogens (tertiary/aromatic N) is 3. The topological polar surface area (TPSA) is 87.8 Å². The lowest BCUT2D eigenvalue weighted by molar-refractivity contribution is -0.113. The lowest BCUT2D eigenvalue weighted by atomic mass is 10.1. The summed E-state index contributed by atoms with van der Waals surface area (Å²) >= 11 is 2.58. The van der Waals surface area contributed by atoms with Crippen LogP contribution in [-0.4, -0.2) is 27.0 Å². The molecule has 1 amide bonds. The molecule has 0 fully saturated rings. The zero-order valence-electron chi connectivity index (χ0n) is 18.5. The van der Waals surface area contributed by atoms with Gasteiger partial charge in [0.15, 0.2) is 5.16 Å². The number of aromatic nitrogens is 2. The number of fused-ring (bicyclic) bond motifs is 1. The summed E-state index contributed by atoms with van der Waals surface area (Å²) in [5, 5.41) is 12.8. The van der Waals surface area contributed by atoms with Gasteiger partial charge in [-0.3, -0.25) is 14.2 Å². The van der Waals surface area contributed by atoms with Gasteiger partial charge in [-0.2, -0.15) is 5.26 Å². The van der Waals surface area contributed by atoms with Gasteiger partial charge in [0.1, 0.15) is 0 Å². The fourth-order valence-electron chi connectivity index (χ4n) is 3.44. The van der Waals surface area contributed by atoms with E-state index in [2.05, 4.69) is 18.3 Å². The number of benzene rings is 3. The number of thioether (sulfide) groups is 2. The molecule has 0 saturated heterocycles. The van der Waals surface area contributed by atoms with E-state index < -0.39 is 0 Å². The Labute approximate surface area is 206 Å². The molecule has 0 bridgehead atoms. The first-order chi connectivity index (χ1) is 16.6. The second-order valence-corrected chi connectivity index (χ2v) is 9.31. The number of amides is 1. The number of nitrogens with one attached hydrogen (secondary N) is 1. The normalized spacial score (nSPS) is 10.7. The zero-order chi connectivity index (χ0) is 23.9. The van der Waals surface area contributed by atoms with Gasteiger partial charge in [0, 0.05) is 4.90 Å². The lowest BCUT2D eigenvalue weighted by Gasteiger charge is -2.14. The molecule has 0 radical (unpaired) electrons. The van der Waals surface area contributed by atoms with Crippen molar-refractivity contribution in [3.8, 4) is 11.8 Å². The van der Waals surface area contributed by atoms with Crippen molar-refractivity contribution in [3.05, 3.63) is 88.7 Å². The minimum atomic E-state index is -0.217. The van der Waals surface area contributed by atoms with E-state index in [1.54, 1.807) is 16.7 Å². The highest BCUT2D eigenvalue weighted by atomic mass is 32.2. The van der Waals surface area contributed by atoms with Crippen LogP contribution in [0.15, 0.2) is 87.6 Å². The molecule has 1 N–H and O–H groups in total. The molecule has 4 rings (SSSR count). The Kier molecular flexibility index (Phi) is 7.68. The van der Waals surface area contributed by atoms with E-state index in [1.165, 1.54) is 29.1 Å². The van der Waals surface area contributed by atoms with Crippen LogP contribution in [0, 0.1) is 11.3 Å². The Morgan fingerprint density at radius 3 is 2.53 bits per heavy atom. The maximum atomic E-state index is 13.4. The van der Waals surface area contributed by atoms with Crippen LogP contribution < -0.4 is 10.9 Å². The summed E-state index contributed by atoms with van der Waals surface area (Å²) < 4.78 is 1.57. The zero-order valence-corrected chi connectivity index (χ0v) is 20.2. The molecule has 0 aliphatic rings. The van der Waals surface area contributed by atoms with E-state index >= 15 is 0 Å². The van der Waals surface area contributed by atoms with Gasteiger partial charge in [-0.1, -0.05) is 55.1 Å². The van der Waals surface area contributed by atoms with Crippen LogP contribution in [0.1, 0.15) is 12.5 Å². The Morgan fingerprint density at radius 2 is 1.76 bits per heavy atom. The molecule has 1 heterocycles. The van der Waals surface area contributed by atoms with E-state index in [-0.39, 0.29) is 17.2 Å². The van der Waals surface area contributed by atoms with Gasteiger partial charge < -0.3 is 5.32 Å². The molecule has 1 aromatic heterocycles. The molecule has 0 unspecified atom stereocenters. The van der Waals surface area contributed by atoms with Crippen molar-refractivity contribution in [2.45, 2.75) is 23.4 Å². The maximum Gasteiger partial charge on any atom is 0.266 e. The van der Waals surface area contributed by atoms with Crippen molar-refractivity contribution in [2.24, 2.45) is 0 Å². The van der Waals surface area contributed by atoms with Crippen molar-refractivity contribution in [1.29, 1.82) is 5.26 Å². The third-order valence-corrected chi connectivity index (χ3v) is 7.01. The van der Waals surface area contributed by atoms with Crippen molar-refractivity contribution >= 4 is 46.0 Å². The number of aryl methyl sites for hydroxylation is 1. The van der Waals surface area contributed by atoms with Gasteiger partial charge in [0.05, 0.1) is 39.9 Å². The first-order valence-corrected chi connectivity index (χ1v) is 12.7. The Bertz CT molecular complexity index is 1430. The standard InChI is InChI=1S/C26H22N4O2S2/c1-2-18-11-13-19(14-12-18)30-25(32)20-7-3-4-8-21(20)29-26(30)34-17-24(31)28-22-9-5-6-10-23(22)33-16-15-27/h3-14H,2,16-17H2,1H3,(H,28,31). The molecule has 4 aromatic rings. The fourth-order valence-corrected chi connectivity index (χ4v) is 4.92. The number of hydrogen-bond acceptors (Lipinski definition) is 6. The summed E-state index contributed by atoms with van der Waals surface area (Å²) in [5.41, 5.74) is 2.96. The molecule has 3 aromatic carbocycles. The third kappa shape index (κ3) is 5.33. The maximum absolute atomic E-state index is 13.4. The number of rotatable bonds is 8. The first kappa shape index (κ1) is 23.6. The average Bonchev–Trinajstić information content (AvgIpc) is 2.87. The van der Waals surface area contributed by atoms with Gasteiger partial charge in [0.25, 0.3) is 5.56 Å². The van der Waals surface area contributed by atoms with Crippen LogP contribution in [0.3, 0.4) is 0 Å². The fraction of sp³-hybridized carbons (Fsp3) is 0.154. The quantitative estimate of drug-likeness (QED) is 0.269. The monoisotopic (exact) mass is 486 g/mol. The predicted octanol–water partition coefficient (Wildman–Crippen LogP) is 5.29. The lowest BCUT2D eigenvalue weighted by Crippen LogP contribution is -2.23. The van der Waals surface area contributed by atoms with Gasteiger partial charge in [-0.25, -0.2) is 4.98 Å². The minimum absolute atomic E-state index is 0.0784. The largest absolute Gasteiger partial charge is 0.324 e. The van der Waals surface area contributed by atoms with Crippen molar-refractivity contribution in [2.75, 3.05) is 16.8 Å². The van der Waals surface area contributed by atoms with Gasteiger partial charge in [-0.05, 0) is 48.4 Å². The Balaban J connectivity index is 1.62. The molecule has 0 atom stereocenters. The van der Waals surface area contributed by atoms with Crippen LogP contribution >= 0.6 is 23.5 Å². The Morgan fingerprint density at radius 1 is 1.03 bits per heavy atom. The van der Waals surface area contributed by atoms with Gasteiger partial charge in [-0.15, -0.1) is 11.8 Å². The molecular weight excluding hydrogens is 464 g/mol. The molecule has 0 aliphatic heterocycles. The van der Waals surface area contributed by atoms with Crippen molar-refractivity contribution in [1.82, 2.24) is 9.55 Å². The van der Waals surface area contributed by atoms with E-state index in [9.17, 15) is 9.59 Å². The third-order valence-electron chi connectivity index (χ3n) is 5.13. The summed E-state index contributed by atoms with van der Waals surface area (Å²) in [4.78, 5) is 31.7. The van der Waals surface area contributed by atoms with Crippen LogP contribution in [-0.2, 0) is 11.2 Å². The molecule has 170 valence electrons. The summed E-state index contributed by atoms with van der Waals surface area (Å²) in [7, 11) is 0. The summed E-state index contributed by atoms with van der Waals surface area (Å²) in [6, 6.07) is 24.5. The number of hydrogen-bond donors (Lipinski definition) is 1. The second-order valence-electron chi connectivity index (χ2n) is 7.35.